The van der Waals surface area contributed by atoms with Crippen molar-refractivity contribution in [2.24, 2.45) is 0 Å². The minimum Gasteiger partial charge on any atom is -0.505 e. The Kier molecular flexibility index (Phi) is 3.98. The maximum absolute atomic E-state index is 9.59. The lowest BCUT2D eigenvalue weighted by Gasteiger charge is -2.14. The SMILES string of the molecule is CC(Nc1cc(Cl)c(O)c(Cl)c1)c1cc2ccccc2s1. The Hall–Kier alpha value is -1.42. The molecule has 0 bridgehead atoms. The number of rotatable bonds is 3. The van der Waals surface area contributed by atoms with Crippen molar-refractivity contribution in [3.63, 3.8) is 0 Å². The summed E-state index contributed by atoms with van der Waals surface area (Å²) in [6.07, 6.45) is 0. The summed E-state index contributed by atoms with van der Waals surface area (Å²) in [5, 5.41) is 14.7. The first-order chi connectivity index (χ1) is 10.0. The van der Waals surface area contributed by atoms with Crippen molar-refractivity contribution >= 4 is 50.3 Å². The molecule has 0 amide bonds. The van der Waals surface area contributed by atoms with Crippen molar-refractivity contribution in [2.75, 3.05) is 5.32 Å². The van der Waals surface area contributed by atoms with Crippen LogP contribution in [-0.2, 0) is 0 Å². The molecule has 2 N–H and O–H groups in total. The molecular formula is C16H13Cl2NOS. The molecule has 0 saturated carbocycles. The zero-order valence-electron chi connectivity index (χ0n) is 11.2. The van der Waals surface area contributed by atoms with Crippen molar-refractivity contribution < 1.29 is 5.11 Å². The molecule has 1 unspecified atom stereocenters. The van der Waals surface area contributed by atoms with E-state index in [4.69, 9.17) is 23.2 Å². The summed E-state index contributed by atoms with van der Waals surface area (Å²) >= 11 is 13.6. The number of anilines is 1. The first-order valence-corrected chi connectivity index (χ1v) is 8.05. The summed E-state index contributed by atoms with van der Waals surface area (Å²) in [6.45, 7) is 2.08. The van der Waals surface area contributed by atoms with Gasteiger partial charge in [0.05, 0.1) is 16.1 Å². The molecule has 0 saturated heterocycles. The van der Waals surface area contributed by atoms with Crippen LogP contribution >= 0.6 is 34.5 Å². The number of thiophene rings is 1. The molecule has 1 aromatic heterocycles. The molecule has 0 aliphatic heterocycles. The fourth-order valence-corrected chi connectivity index (χ4v) is 3.74. The average Bonchev–Trinajstić information content (AvgIpc) is 2.88. The molecule has 0 aliphatic rings. The molecule has 3 rings (SSSR count). The molecule has 2 nitrogen and oxygen atoms in total. The first-order valence-electron chi connectivity index (χ1n) is 6.47. The third-order valence-corrected chi connectivity index (χ3v) is 5.15. The average molecular weight is 338 g/mol. The normalized spacial score (nSPS) is 12.5. The van der Waals surface area contributed by atoms with Crippen LogP contribution in [0.15, 0.2) is 42.5 Å². The highest BCUT2D eigenvalue weighted by Crippen LogP contribution is 2.37. The second-order valence-corrected chi connectivity index (χ2v) is 6.77. The van der Waals surface area contributed by atoms with Gasteiger partial charge in [-0.1, -0.05) is 41.4 Å². The van der Waals surface area contributed by atoms with Crippen molar-refractivity contribution in [2.45, 2.75) is 13.0 Å². The smallest absolute Gasteiger partial charge is 0.152 e. The zero-order chi connectivity index (χ0) is 15.0. The predicted octanol–water partition coefficient (Wildman–Crippen LogP) is 6.09. The minimum absolute atomic E-state index is 0.0848. The summed E-state index contributed by atoms with van der Waals surface area (Å²) in [5.41, 5.74) is 0.785. The van der Waals surface area contributed by atoms with Crippen LogP contribution in [0.1, 0.15) is 17.8 Å². The van der Waals surface area contributed by atoms with Crippen LogP contribution in [0.3, 0.4) is 0 Å². The van der Waals surface area contributed by atoms with E-state index >= 15 is 0 Å². The van der Waals surface area contributed by atoms with Gasteiger partial charge < -0.3 is 10.4 Å². The summed E-state index contributed by atoms with van der Waals surface area (Å²) in [7, 11) is 0. The molecule has 108 valence electrons. The molecule has 3 aromatic rings. The van der Waals surface area contributed by atoms with Crippen LogP contribution in [0.5, 0.6) is 5.75 Å². The van der Waals surface area contributed by atoms with Crippen molar-refractivity contribution in [1.82, 2.24) is 0 Å². The second kappa shape index (κ2) is 5.76. The predicted molar refractivity (Wildman–Crippen MR) is 92.0 cm³/mol. The van der Waals surface area contributed by atoms with Gasteiger partial charge in [0.1, 0.15) is 0 Å². The number of phenolic OH excluding ortho intramolecular Hbond substituents is 1. The van der Waals surface area contributed by atoms with Gasteiger partial charge in [-0.2, -0.15) is 0 Å². The number of halogens is 2. The molecule has 0 fully saturated rings. The van der Waals surface area contributed by atoms with Gasteiger partial charge in [-0.15, -0.1) is 11.3 Å². The minimum atomic E-state index is -0.0848. The van der Waals surface area contributed by atoms with Crippen LogP contribution in [-0.4, -0.2) is 5.11 Å². The topological polar surface area (TPSA) is 32.3 Å². The van der Waals surface area contributed by atoms with E-state index < -0.39 is 0 Å². The zero-order valence-corrected chi connectivity index (χ0v) is 13.6. The van der Waals surface area contributed by atoms with Crippen LogP contribution in [0.4, 0.5) is 5.69 Å². The van der Waals surface area contributed by atoms with Crippen LogP contribution in [0.25, 0.3) is 10.1 Å². The molecule has 2 aromatic carbocycles. The van der Waals surface area contributed by atoms with E-state index in [-0.39, 0.29) is 21.8 Å². The van der Waals surface area contributed by atoms with E-state index in [0.29, 0.717) is 0 Å². The van der Waals surface area contributed by atoms with E-state index in [9.17, 15) is 5.11 Å². The van der Waals surface area contributed by atoms with Gasteiger partial charge in [-0.3, -0.25) is 0 Å². The van der Waals surface area contributed by atoms with Crippen molar-refractivity contribution in [3.05, 3.63) is 57.4 Å². The number of hydrogen-bond donors (Lipinski definition) is 2. The summed E-state index contributed by atoms with van der Waals surface area (Å²) in [4.78, 5) is 1.23. The molecular weight excluding hydrogens is 325 g/mol. The lowest BCUT2D eigenvalue weighted by molar-refractivity contribution is 0.476. The lowest BCUT2D eigenvalue weighted by Crippen LogP contribution is -2.04. The van der Waals surface area contributed by atoms with E-state index in [1.807, 2.05) is 12.1 Å². The summed E-state index contributed by atoms with van der Waals surface area (Å²) < 4.78 is 1.27. The molecule has 0 aliphatic carbocycles. The third kappa shape index (κ3) is 2.95. The molecule has 5 heteroatoms. The Morgan fingerprint density at radius 1 is 1.10 bits per heavy atom. The summed E-state index contributed by atoms with van der Waals surface area (Å²) in [5.74, 6) is -0.0848. The Bertz CT molecular complexity index is 744. The number of benzene rings is 2. The highest BCUT2D eigenvalue weighted by atomic mass is 35.5. The summed E-state index contributed by atoms with van der Waals surface area (Å²) in [6, 6.07) is 14.0. The highest BCUT2D eigenvalue weighted by molar-refractivity contribution is 7.19. The molecule has 21 heavy (non-hydrogen) atoms. The van der Waals surface area contributed by atoms with Gasteiger partial charge in [0.25, 0.3) is 0 Å². The van der Waals surface area contributed by atoms with Crippen LogP contribution in [0, 0.1) is 0 Å². The number of hydrogen-bond acceptors (Lipinski definition) is 3. The number of aromatic hydroxyl groups is 1. The molecule has 0 spiro atoms. The van der Waals surface area contributed by atoms with Gasteiger partial charge in [0.2, 0.25) is 0 Å². The lowest BCUT2D eigenvalue weighted by atomic mass is 10.2. The second-order valence-electron chi connectivity index (χ2n) is 4.84. The Balaban J connectivity index is 1.87. The monoisotopic (exact) mass is 337 g/mol. The Morgan fingerprint density at radius 2 is 1.76 bits per heavy atom. The van der Waals surface area contributed by atoms with Gasteiger partial charge >= 0.3 is 0 Å². The van der Waals surface area contributed by atoms with Crippen molar-refractivity contribution in [1.29, 1.82) is 0 Å². The van der Waals surface area contributed by atoms with E-state index in [1.54, 1.807) is 23.5 Å². The molecule has 1 atom stereocenters. The quantitative estimate of drug-likeness (QED) is 0.567. The fraction of sp³-hybridized carbons (Fsp3) is 0.125. The van der Waals surface area contributed by atoms with Crippen LogP contribution in [0.2, 0.25) is 10.0 Å². The van der Waals surface area contributed by atoms with Gasteiger partial charge in [0.15, 0.2) is 5.75 Å². The first kappa shape index (κ1) is 14.5. The van der Waals surface area contributed by atoms with Crippen LogP contribution < -0.4 is 5.32 Å². The number of nitrogens with one attached hydrogen (secondary N) is 1. The fourth-order valence-electron chi connectivity index (χ4n) is 2.19. The van der Waals surface area contributed by atoms with Gasteiger partial charge in [0, 0.05) is 15.3 Å². The maximum Gasteiger partial charge on any atom is 0.152 e. The number of phenols is 1. The van der Waals surface area contributed by atoms with Gasteiger partial charge in [-0.25, -0.2) is 0 Å². The van der Waals surface area contributed by atoms with Gasteiger partial charge in [-0.05, 0) is 36.6 Å². The third-order valence-electron chi connectivity index (χ3n) is 3.27. The highest BCUT2D eigenvalue weighted by Gasteiger charge is 2.12. The van der Waals surface area contributed by atoms with E-state index in [1.165, 1.54) is 15.0 Å². The van der Waals surface area contributed by atoms with E-state index in [2.05, 4.69) is 30.4 Å². The number of fused-ring (bicyclic) bond motifs is 1. The standard InChI is InChI=1S/C16H13Cl2NOS/c1-9(15-6-10-4-2-3-5-14(10)21-15)19-11-7-12(17)16(20)13(18)8-11/h2-9,19-20H,1H3. The Morgan fingerprint density at radius 3 is 2.43 bits per heavy atom. The molecule has 1 heterocycles. The van der Waals surface area contributed by atoms with E-state index in [0.717, 1.165) is 5.69 Å². The largest absolute Gasteiger partial charge is 0.505 e. The Labute approximate surface area is 136 Å². The van der Waals surface area contributed by atoms with Crippen molar-refractivity contribution in [3.8, 4) is 5.75 Å². The maximum atomic E-state index is 9.59. The molecule has 0 radical (unpaired) electrons.